The number of fused-ring (bicyclic) bond motifs is 1. The Balaban J connectivity index is 1.52. The van der Waals surface area contributed by atoms with Gasteiger partial charge in [-0.15, -0.1) is 0 Å². The molecule has 0 radical (unpaired) electrons. The van der Waals surface area contributed by atoms with Crippen molar-refractivity contribution in [2.45, 2.75) is 46.6 Å². The number of benzene rings is 2. The third-order valence-corrected chi connectivity index (χ3v) is 6.71. The number of amides is 1. The molecular weight excluding hydrogens is 488 g/mol. The van der Waals surface area contributed by atoms with Crippen molar-refractivity contribution in [1.82, 2.24) is 19.5 Å². The minimum Gasteiger partial charge on any atom is -0.444 e. The number of aryl methyl sites for hydroxylation is 2. The molecule has 202 valence electrons. The molecule has 1 amide bonds. The molecule has 1 aliphatic heterocycles. The van der Waals surface area contributed by atoms with Crippen molar-refractivity contribution in [3.63, 3.8) is 0 Å². The van der Waals surface area contributed by atoms with Crippen molar-refractivity contribution in [3.8, 4) is 0 Å². The van der Waals surface area contributed by atoms with Gasteiger partial charge in [-0.3, -0.25) is 0 Å². The second-order valence-corrected chi connectivity index (χ2v) is 10.8. The van der Waals surface area contributed by atoms with Crippen molar-refractivity contribution >= 4 is 29.0 Å². The van der Waals surface area contributed by atoms with E-state index in [1.54, 1.807) is 4.90 Å². The normalized spacial score (nSPS) is 14.0. The molecule has 4 aromatic rings. The summed E-state index contributed by atoms with van der Waals surface area (Å²) >= 11 is 0. The Morgan fingerprint density at radius 3 is 2.08 bits per heavy atom. The molecular formula is C31H36N6O2. The van der Waals surface area contributed by atoms with Crippen LogP contribution in [0.4, 0.5) is 16.3 Å². The molecule has 8 nitrogen and oxygen atoms in total. The molecule has 0 aliphatic carbocycles. The summed E-state index contributed by atoms with van der Waals surface area (Å²) < 4.78 is 7.46. The fourth-order valence-electron chi connectivity index (χ4n) is 4.74. The summed E-state index contributed by atoms with van der Waals surface area (Å²) in [5.74, 6) is 0.865. The molecule has 1 saturated heterocycles. The summed E-state index contributed by atoms with van der Waals surface area (Å²) in [6.45, 7) is 12.3. The van der Waals surface area contributed by atoms with Crippen molar-refractivity contribution in [2.75, 3.05) is 31.1 Å². The van der Waals surface area contributed by atoms with Crippen LogP contribution in [0.15, 0.2) is 71.7 Å². The van der Waals surface area contributed by atoms with Crippen molar-refractivity contribution in [2.24, 2.45) is 4.99 Å². The Labute approximate surface area is 229 Å². The lowest BCUT2D eigenvalue weighted by atomic mass is 10.0. The zero-order valence-electron chi connectivity index (χ0n) is 23.4. The van der Waals surface area contributed by atoms with Gasteiger partial charge in [0.1, 0.15) is 17.1 Å². The van der Waals surface area contributed by atoms with Gasteiger partial charge in [0.15, 0.2) is 5.65 Å². The summed E-state index contributed by atoms with van der Waals surface area (Å²) in [6.07, 6.45) is 0.471. The first kappa shape index (κ1) is 26.4. The van der Waals surface area contributed by atoms with Crippen LogP contribution in [0.25, 0.3) is 5.65 Å². The SMILES string of the molecule is CCc1nn2c(C)cc(N3CCN(C(=O)OC(C)(C)C)CC3)nc2c1N=C(c1ccccc1)c1ccccc1. The number of aliphatic imine (C=N–C) groups is 1. The van der Waals surface area contributed by atoms with Gasteiger partial charge in [-0.25, -0.2) is 19.3 Å². The van der Waals surface area contributed by atoms with Crippen molar-refractivity contribution < 1.29 is 9.53 Å². The Kier molecular flexibility index (Phi) is 7.37. The van der Waals surface area contributed by atoms with Crippen LogP contribution in [-0.4, -0.2) is 63.1 Å². The molecule has 0 saturated carbocycles. The fourth-order valence-corrected chi connectivity index (χ4v) is 4.74. The molecule has 2 aromatic carbocycles. The number of hydrogen-bond donors (Lipinski definition) is 0. The van der Waals surface area contributed by atoms with E-state index in [9.17, 15) is 4.79 Å². The van der Waals surface area contributed by atoms with Crippen LogP contribution in [-0.2, 0) is 11.2 Å². The highest BCUT2D eigenvalue weighted by Gasteiger charge is 2.27. The van der Waals surface area contributed by atoms with Gasteiger partial charge < -0.3 is 14.5 Å². The average molecular weight is 525 g/mol. The average Bonchev–Trinajstić information content (AvgIpc) is 3.29. The van der Waals surface area contributed by atoms with Gasteiger partial charge in [-0.05, 0) is 34.1 Å². The van der Waals surface area contributed by atoms with Crippen LogP contribution >= 0.6 is 0 Å². The molecule has 0 unspecified atom stereocenters. The first-order valence-corrected chi connectivity index (χ1v) is 13.5. The quantitative estimate of drug-likeness (QED) is 0.307. The lowest BCUT2D eigenvalue weighted by molar-refractivity contribution is 0.0240. The molecule has 1 aliphatic rings. The number of ether oxygens (including phenoxy) is 1. The third kappa shape index (κ3) is 5.79. The zero-order chi connectivity index (χ0) is 27.6. The topological polar surface area (TPSA) is 75.3 Å². The summed E-state index contributed by atoms with van der Waals surface area (Å²) in [6, 6.07) is 22.5. The second kappa shape index (κ2) is 10.9. The molecule has 2 aromatic heterocycles. The highest BCUT2D eigenvalue weighted by Crippen LogP contribution is 2.30. The monoisotopic (exact) mass is 524 g/mol. The number of carbonyl (C=O) groups excluding carboxylic acids is 1. The number of carbonyl (C=O) groups is 1. The van der Waals surface area contributed by atoms with Crippen LogP contribution < -0.4 is 4.90 Å². The number of piperazine rings is 1. The maximum Gasteiger partial charge on any atom is 0.410 e. The predicted octanol–water partition coefficient (Wildman–Crippen LogP) is 5.83. The molecule has 0 bridgehead atoms. The van der Waals surface area contributed by atoms with Crippen LogP contribution in [0.3, 0.4) is 0 Å². The molecule has 5 rings (SSSR count). The van der Waals surface area contributed by atoms with Gasteiger partial charge in [0, 0.05) is 49.1 Å². The van der Waals surface area contributed by atoms with Crippen LogP contribution in [0.2, 0.25) is 0 Å². The molecule has 0 spiro atoms. The maximum atomic E-state index is 12.5. The second-order valence-electron chi connectivity index (χ2n) is 10.8. The van der Waals surface area contributed by atoms with Crippen molar-refractivity contribution in [1.29, 1.82) is 0 Å². The highest BCUT2D eigenvalue weighted by molar-refractivity contribution is 6.14. The lowest BCUT2D eigenvalue weighted by Crippen LogP contribution is -2.50. The van der Waals surface area contributed by atoms with E-state index in [-0.39, 0.29) is 6.09 Å². The van der Waals surface area contributed by atoms with Crippen LogP contribution in [0.1, 0.15) is 50.2 Å². The molecule has 3 heterocycles. The Morgan fingerprint density at radius 1 is 0.949 bits per heavy atom. The first-order valence-electron chi connectivity index (χ1n) is 13.5. The van der Waals surface area contributed by atoms with Crippen LogP contribution in [0, 0.1) is 6.92 Å². The minimum atomic E-state index is -0.508. The van der Waals surface area contributed by atoms with Gasteiger partial charge in [0.2, 0.25) is 0 Å². The Bertz CT molecular complexity index is 1440. The summed E-state index contributed by atoms with van der Waals surface area (Å²) in [7, 11) is 0. The van der Waals surface area contributed by atoms with Gasteiger partial charge in [0.05, 0.1) is 11.4 Å². The lowest BCUT2D eigenvalue weighted by Gasteiger charge is -2.36. The number of nitrogens with zero attached hydrogens (tertiary/aromatic N) is 6. The number of aromatic nitrogens is 3. The zero-order valence-corrected chi connectivity index (χ0v) is 23.4. The molecule has 0 N–H and O–H groups in total. The first-order chi connectivity index (χ1) is 18.7. The summed E-state index contributed by atoms with van der Waals surface area (Å²) in [5.41, 5.74) is 5.87. The van der Waals surface area contributed by atoms with Gasteiger partial charge in [0.25, 0.3) is 0 Å². The van der Waals surface area contributed by atoms with E-state index in [0.717, 1.165) is 51.8 Å². The maximum absolute atomic E-state index is 12.5. The third-order valence-electron chi connectivity index (χ3n) is 6.71. The highest BCUT2D eigenvalue weighted by atomic mass is 16.6. The van der Waals surface area contributed by atoms with Crippen LogP contribution in [0.5, 0.6) is 0 Å². The number of anilines is 1. The van der Waals surface area contributed by atoms with E-state index >= 15 is 0 Å². The molecule has 39 heavy (non-hydrogen) atoms. The number of rotatable bonds is 5. The number of hydrogen-bond acceptors (Lipinski definition) is 6. The predicted molar refractivity (Wildman–Crippen MR) is 155 cm³/mol. The van der Waals surface area contributed by atoms with Gasteiger partial charge in [-0.1, -0.05) is 67.6 Å². The van der Waals surface area contributed by atoms with E-state index < -0.39 is 5.60 Å². The summed E-state index contributed by atoms with van der Waals surface area (Å²) in [4.78, 5) is 26.9. The van der Waals surface area contributed by atoms with E-state index in [0.29, 0.717) is 26.2 Å². The summed E-state index contributed by atoms with van der Waals surface area (Å²) in [5, 5.41) is 4.89. The van der Waals surface area contributed by atoms with E-state index in [1.165, 1.54) is 0 Å². The standard InChI is InChI=1S/C31H36N6O2/c1-6-25-28(33-27(23-13-9-7-10-14-23)24-15-11-8-12-16-24)29-32-26(21-22(2)37(29)34-25)35-17-19-36(20-18-35)30(38)39-31(3,4)5/h7-16,21H,6,17-20H2,1-5H3. The van der Waals surface area contributed by atoms with Gasteiger partial charge in [-0.2, -0.15) is 5.10 Å². The largest absolute Gasteiger partial charge is 0.444 e. The van der Waals surface area contributed by atoms with E-state index in [2.05, 4.69) is 42.2 Å². The minimum absolute atomic E-state index is 0.268. The molecule has 0 atom stereocenters. The smallest absolute Gasteiger partial charge is 0.410 e. The Hall–Kier alpha value is -4.20. The fraction of sp³-hybridized carbons (Fsp3) is 0.355. The van der Waals surface area contributed by atoms with Gasteiger partial charge >= 0.3 is 6.09 Å². The van der Waals surface area contributed by atoms with E-state index in [1.807, 2.05) is 68.6 Å². The molecule has 8 heteroatoms. The van der Waals surface area contributed by atoms with E-state index in [4.69, 9.17) is 19.8 Å². The molecule has 1 fully saturated rings. The Morgan fingerprint density at radius 2 is 1.54 bits per heavy atom. The van der Waals surface area contributed by atoms with Crippen molar-refractivity contribution in [3.05, 3.63) is 89.2 Å².